The van der Waals surface area contributed by atoms with E-state index in [1.165, 1.54) is 12.1 Å². The van der Waals surface area contributed by atoms with Crippen molar-refractivity contribution in [2.75, 3.05) is 10.6 Å². The Morgan fingerprint density at radius 1 is 1.11 bits per heavy atom. The summed E-state index contributed by atoms with van der Waals surface area (Å²) in [5.74, 6) is -1.20. The molecule has 1 fully saturated rings. The molecule has 1 aliphatic heterocycles. The van der Waals surface area contributed by atoms with Gasteiger partial charge in [0.1, 0.15) is 0 Å². The van der Waals surface area contributed by atoms with Gasteiger partial charge >= 0.3 is 6.18 Å². The Kier molecular flexibility index (Phi) is 4.17. The Bertz CT molecular complexity index is 924. The first kappa shape index (κ1) is 17.6. The van der Waals surface area contributed by atoms with Crippen LogP contribution in [-0.4, -0.2) is 11.8 Å². The highest BCUT2D eigenvalue weighted by Crippen LogP contribution is 2.51. The van der Waals surface area contributed by atoms with Crippen LogP contribution in [0.1, 0.15) is 35.4 Å². The van der Waals surface area contributed by atoms with Crippen LogP contribution < -0.4 is 10.6 Å². The van der Waals surface area contributed by atoms with E-state index >= 15 is 0 Å². The Morgan fingerprint density at radius 2 is 1.89 bits per heavy atom. The summed E-state index contributed by atoms with van der Waals surface area (Å²) < 4.78 is 39.5. The highest BCUT2D eigenvalue weighted by Gasteiger charge is 2.47. The second kappa shape index (κ2) is 6.40. The molecule has 2 amide bonds. The predicted molar refractivity (Wildman–Crippen MR) is 94.3 cm³/mol. The standard InChI is InChI=1S/C20H17F3N2O2/c21-20(22,23)16-4-2-1-3-13(16)14-10-15(14)19(27)24-12-6-7-17-11(9-12)5-8-18(26)25-17/h1-4,6-7,9,14-15H,5,8,10H2,(H,24,27)(H,25,26). The third-order valence-corrected chi connectivity index (χ3v) is 5.06. The summed E-state index contributed by atoms with van der Waals surface area (Å²) in [4.78, 5) is 23.9. The van der Waals surface area contributed by atoms with Crippen molar-refractivity contribution in [3.63, 3.8) is 0 Å². The topological polar surface area (TPSA) is 58.2 Å². The van der Waals surface area contributed by atoms with E-state index in [4.69, 9.17) is 0 Å². The van der Waals surface area contributed by atoms with Crippen LogP contribution in [0.2, 0.25) is 0 Å². The minimum Gasteiger partial charge on any atom is -0.326 e. The Labute approximate surface area is 153 Å². The van der Waals surface area contributed by atoms with Crippen molar-refractivity contribution >= 4 is 23.2 Å². The zero-order chi connectivity index (χ0) is 19.2. The van der Waals surface area contributed by atoms with Crippen LogP contribution in [0.15, 0.2) is 42.5 Å². The zero-order valence-electron chi connectivity index (χ0n) is 14.3. The first-order valence-corrected chi connectivity index (χ1v) is 8.72. The van der Waals surface area contributed by atoms with Gasteiger partial charge in [0.15, 0.2) is 0 Å². The molecular formula is C20H17F3N2O2. The van der Waals surface area contributed by atoms with Crippen LogP contribution in [0.3, 0.4) is 0 Å². The zero-order valence-corrected chi connectivity index (χ0v) is 14.3. The number of hydrogen-bond acceptors (Lipinski definition) is 2. The Balaban J connectivity index is 1.47. The number of anilines is 2. The molecule has 2 N–H and O–H groups in total. The van der Waals surface area contributed by atoms with Gasteiger partial charge in [-0.1, -0.05) is 18.2 Å². The number of fused-ring (bicyclic) bond motifs is 1. The molecule has 1 aliphatic carbocycles. The molecule has 2 aromatic rings. The van der Waals surface area contributed by atoms with E-state index in [2.05, 4.69) is 10.6 Å². The van der Waals surface area contributed by atoms with Crippen LogP contribution >= 0.6 is 0 Å². The molecular weight excluding hydrogens is 357 g/mol. The Hall–Kier alpha value is -2.83. The molecule has 2 unspecified atom stereocenters. The number of rotatable bonds is 3. The van der Waals surface area contributed by atoms with Crippen molar-refractivity contribution in [2.45, 2.75) is 31.4 Å². The van der Waals surface area contributed by atoms with E-state index in [1.807, 2.05) is 0 Å². The number of amides is 2. The molecule has 2 aliphatic rings. The molecule has 0 spiro atoms. The summed E-state index contributed by atoms with van der Waals surface area (Å²) in [6.45, 7) is 0. The van der Waals surface area contributed by atoms with Crippen LogP contribution in [-0.2, 0) is 22.2 Å². The Morgan fingerprint density at radius 3 is 2.67 bits per heavy atom. The number of halogens is 3. The average molecular weight is 374 g/mol. The molecule has 0 saturated heterocycles. The fourth-order valence-electron chi connectivity index (χ4n) is 3.60. The first-order valence-electron chi connectivity index (χ1n) is 8.72. The third-order valence-electron chi connectivity index (χ3n) is 5.06. The van der Waals surface area contributed by atoms with E-state index in [1.54, 1.807) is 24.3 Å². The van der Waals surface area contributed by atoms with Crippen LogP contribution in [0.4, 0.5) is 24.5 Å². The van der Waals surface area contributed by atoms with Gasteiger partial charge in [-0.15, -0.1) is 0 Å². The van der Waals surface area contributed by atoms with E-state index < -0.39 is 23.6 Å². The van der Waals surface area contributed by atoms with E-state index in [0.717, 1.165) is 17.3 Å². The molecule has 2 atom stereocenters. The number of nitrogens with one attached hydrogen (secondary N) is 2. The lowest BCUT2D eigenvalue weighted by molar-refractivity contribution is -0.138. The summed E-state index contributed by atoms with van der Waals surface area (Å²) in [6, 6.07) is 10.6. The number of carbonyl (C=O) groups excluding carboxylic acids is 2. The number of alkyl halides is 3. The molecule has 1 heterocycles. The maximum Gasteiger partial charge on any atom is 0.416 e. The van der Waals surface area contributed by atoms with Gasteiger partial charge in [-0.3, -0.25) is 9.59 Å². The summed E-state index contributed by atoms with van der Waals surface area (Å²) >= 11 is 0. The highest BCUT2D eigenvalue weighted by atomic mass is 19.4. The average Bonchev–Trinajstić information content (AvgIpc) is 3.42. The second-order valence-electron chi connectivity index (χ2n) is 6.94. The maximum atomic E-state index is 13.2. The lowest BCUT2D eigenvalue weighted by Crippen LogP contribution is -2.20. The van der Waals surface area contributed by atoms with Gasteiger partial charge in [-0.2, -0.15) is 13.2 Å². The van der Waals surface area contributed by atoms with Crippen molar-refractivity contribution in [1.82, 2.24) is 0 Å². The van der Waals surface area contributed by atoms with Crippen molar-refractivity contribution in [2.24, 2.45) is 5.92 Å². The number of benzene rings is 2. The first-order chi connectivity index (χ1) is 12.8. The van der Waals surface area contributed by atoms with Gasteiger partial charge in [-0.25, -0.2) is 0 Å². The van der Waals surface area contributed by atoms with Gasteiger partial charge in [0.2, 0.25) is 11.8 Å². The molecule has 0 radical (unpaired) electrons. The fourth-order valence-corrected chi connectivity index (χ4v) is 3.60. The minimum atomic E-state index is -4.43. The lowest BCUT2D eigenvalue weighted by atomic mass is 10.0. The molecule has 4 rings (SSSR count). The van der Waals surface area contributed by atoms with Gasteiger partial charge in [0.05, 0.1) is 5.56 Å². The summed E-state index contributed by atoms with van der Waals surface area (Å²) in [5, 5.41) is 5.56. The summed E-state index contributed by atoms with van der Waals surface area (Å²) in [6.07, 6.45) is -3.04. The highest BCUT2D eigenvalue weighted by molar-refractivity contribution is 5.97. The summed E-state index contributed by atoms with van der Waals surface area (Å²) in [5.41, 5.74) is 1.76. The van der Waals surface area contributed by atoms with Gasteiger partial charge < -0.3 is 10.6 Å². The molecule has 140 valence electrons. The van der Waals surface area contributed by atoms with E-state index in [-0.39, 0.29) is 17.4 Å². The third kappa shape index (κ3) is 3.54. The van der Waals surface area contributed by atoms with Gasteiger partial charge in [-0.05, 0) is 54.2 Å². The van der Waals surface area contributed by atoms with Crippen LogP contribution in [0.25, 0.3) is 0 Å². The van der Waals surface area contributed by atoms with Crippen molar-refractivity contribution < 1.29 is 22.8 Å². The smallest absolute Gasteiger partial charge is 0.326 e. The second-order valence-corrected chi connectivity index (χ2v) is 6.94. The molecule has 1 saturated carbocycles. The maximum absolute atomic E-state index is 13.2. The van der Waals surface area contributed by atoms with E-state index in [0.29, 0.717) is 24.9 Å². The number of hydrogen-bond donors (Lipinski definition) is 2. The van der Waals surface area contributed by atoms with Crippen LogP contribution in [0.5, 0.6) is 0 Å². The minimum absolute atomic E-state index is 0.0385. The monoisotopic (exact) mass is 374 g/mol. The molecule has 7 heteroatoms. The SMILES string of the molecule is O=C1CCc2cc(NC(=O)C3CC3c3ccccc3C(F)(F)F)ccc2N1. The number of aryl methyl sites for hydroxylation is 1. The van der Waals surface area contributed by atoms with Gasteiger partial charge in [0.25, 0.3) is 0 Å². The molecule has 4 nitrogen and oxygen atoms in total. The molecule has 2 aromatic carbocycles. The molecule has 0 aromatic heterocycles. The largest absolute Gasteiger partial charge is 0.416 e. The molecule has 0 bridgehead atoms. The molecule has 27 heavy (non-hydrogen) atoms. The van der Waals surface area contributed by atoms with Crippen molar-refractivity contribution in [1.29, 1.82) is 0 Å². The van der Waals surface area contributed by atoms with Crippen molar-refractivity contribution in [3.05, 3.63) is 59.2 Å². The normalized spacial score (nSPS) is 21.2. The lowest BCUT2D eigenvalue weighted by Gasteiger charge is -2.18. The fraction of sp³-hybridized carbons (Fsp3) is 0.300. The predicted octanol–water partition coefficient (Wildman–Crippen LogP) is 4.33. The van der Waals surface area contributed by atoms with E-state index in [9.17, 15) is 22.8 Å². The van der Waals surface area contributed by atoms with Crippen LogP contribution in [0, 0.1) is 5.92 Å². The quantitative estimate of drug-likeness (QED) is 0.840. The number of carbonyl (C=O) groups is 2. The van der Waals surface area contributed by atoms with Crippen molar-refractivity contribution in [3.8, 4) is 0 Å². The van der Waals surface area contributed by atoms with Gasteiger partial charge in [0, 0.05) is 23.7 Å². The summed E-state index contributed by atoms with van der Waals surface area (Å²) in [7, 11) is 0.